The minimum absolute atomic E-state index is 0.306. The van der Waals surface area contributed by atoms with Crippen molar-refractivity contribution in [1.82, 2.24) is 24.1 Å². The quantitative estimate of drug-likeness (QED) is 0.469. The highest BCUT2D eigenvalue weighted by atomic mass is 16.2. The molecule has 0 atom stereocenters. The summed E-state index contributed by atoms with van der Waals surface area (Å²) in [5.74, 6) is 6.28. The van der Waals surface area contributed by atoms with Crippen LogP contribution in [0.2, 0.25) is 0 Å². The average molecular weight is 315 g/mol. The SMILES string of the molecule is CCn1c(=O)c2[nH]c(-c3ccc(NN)nc3)nc2n(CC)c1=O. The molecule has 0 radical (unpaired) electrons. The van der Waals surface area contributed by atoms with Crippen molar-refractivity contribution < 1.29 is 0 Å². The highest BCUT2D eigenvalue weighted by molar-refractivity contribution is 5.75. The lowest BCUT2D eigenvalue weighted by Crippen LogP contribution is -2.39. The van der Waals surface area contributed by atoms with Crippen molar-refractivity contribution in [3.8, 4) is 11.4 Å². The molecule has 9 nitrogen and oxygen atoms in total. The van der Waals surface area contributed by atoms with Crippen LogP contribution in [0.15, 0.2) is 27.9 Å². The first kappa shape index (κ1) is 15.0. The number of imidazole rings is 1. The largest absolute Gasteiger partial charge is 0.332 e. The van der Waals surface area contributed by atoms with Crippen molar-refractivity contribution in [3.05, 3.63) is 39.2 Å². The molecule has 0 spiro atoms. The zero-order valence-electron chi connectivity index (χ0n) is 12.8. The Labute approximate surface area is 130 Å². The van der Waals surface area contributed by atoms with Crippen LogP contribution in [0.3, 0.4) is 0 Å². The maximum atomic E-state index is 12.4. The smallest absolute Gasteiger partial charge is 0.332 e. The van der Waals surface area contributed by atoms with E-state index in [4.69, 9.17) is 5.84 Å². The van der Waals surface area contributed by atoms with Crippen LogP contribution in [0.5, 0.6) is 0 Å². The lowest BCUT2D eigenvalue weighted by Gasteiger charge is -2.06. The molecule has 3 aromatic rings. The van der Waals surface area contributed by atoms with E-state index in [1.807, 2.05) is 6.92 Å². The van der Waals surface area contributed by atoms with Crippen molar-refractivity contribution in [3.63, 3.8) is 0 Å². The number of hydrogen-bond donors (Lipinski definition) is 3. The van der Waals surface area contributed by atoms with Crippen molar-refractivity contribution in [2.24, 2.45) is 5.84 Å². The van der Waals surface area contributed by atoms with Gasteiger partial charge in [-0.15, -0.1) is 0 Å². The van der Waals surface area contributed by atoms with Gasteiger partial charge in [0.1, 0.15) is 17.2 Å². The fraction of sp³-hybridized carbons (Fsp3) is 0.286. The van der Waals surface area contributed by atoms with Gasteiger partial charge in [0.15, 0.2) is 5.65 Å². The van der Waals surface area contributed by atoms with Crippen molar-refractivity contribution >= 4 is 17.0 Å². The molecule has 0 aliphatic heterocycles. The van der Waals surface area contributed by atoms with E-state index in [1.54, 1.807) is 25.3 Å². The number of fused-ring (bicyclic) bond motifs is 1. The molecule has 3 heterocycles. The fourth-order valence-electron chi connectivity index (χ4n) is 2.49. The summed E-state index contributed by atoms with van der Waals surface area (Å²) in [5.41, 5.74) is 3.07. The van der Waals surface area contributed by atoms with Gasteiger partial charge in [-0.1, -0.05) is 0 Å². The summed E-state index contributed by atoms with van der Waals surface area (Å²) < 4.78 is 2.66. The van der Waals surface area contributed by atoms with E-state index in [-0.39, 0.29) is 11.2 Å². The molecule has 120 valence electrons. The summed E-state index contributed by atoms with van der Waals surface area (Å²) in [6.45, 7) is 4.33. The Morgan fingerprint density at radius 2 is 1.96 bits per heavy atom. The van der Waals surface area contributed by atoms with Gasteiger partial charge < -0.3 is 10.4 Å². The molecular weight excluding hydrogens is 298 g/mol. The number of pyridine rings is 1. The third-order valence-electron chi connectivity index (χ3n) is 3.68. The Bertz CT molecular complexity index is 966. The minimum atomic E-state index is -0.371. The number of nitrogens with two attached hydrogens (primary N) is 1. The molecule has 0 aliphatic rings. The van der Waals surface area contributed by atoms with E-state index >= 15 is 0 Å². The second-order valence-electron chi connectivity index (χ2n) is 4.94. The Morgan fingerprint density at radius 1 is 1.22 bits per heavy atom. The van der Waals surface area contributed by atoms with Crippen LogP contribution in [-0.2, 0) is 13.1 Å². The number of nitrogen functional groups attached to an aromatic ring is 1. The molecule has 0 fully saturated rings. The average Bonchev–Trinajstić information content (AvgIpc) is 3.01. The first-order chi connectivity index (χ1) is 11.1. The summed E-state index contributed by atoms with van der Waals surface area (Å²) in [5, 5.41) is 0. The van der Waals surface area contributed by atoms with E-state index in [0.29, 0.717) is 41.5 Å². The molecule has 0 bridgehead atoms. The number of hydrogen-bond acceptors (Lipinski definition) is 6. The lowest BCUT2D eigenvalue weighted by molar-refractivity contribution is 0.606. The third-order valence-corrected chi connectivity index (χ3v) is 3.68. The second kappa shape index (κ2) is 5.69. The lowest BCUT2D eigenvalue weighted by atomic mass is 10.3. The molecule has 4 N–H and O–H groups in total. The van der Waals surface area contributed by atoms with Gasteiger partial charge >= 0.3 is 5.69 Å². The van der Waals surface area contributed by atoms with Crippen molar-refractivity contribution in [2.45, 2.75) is 26.9 Å². The van der Waals surface area contributed by atoms with Gasteiger partial charge in [-0.2, -0.15) is 0 Å². The molecule has 0 amide bonds. The van der Waals surface area contributed by atoms with E-state index < -0.39 is 0 Å². The zero-order chi connectivity index (χ0) is 16.6. The Kier molecular flexibility index (Phi) is 3.70. The van der Waals surface area contributed by atoms with Crippen molar-refractivity contribution in [1.29, 1.82) is 0 Å². The molecule has 0 unspecified atom stereocenters. The van der Waals surface area contributed by atoms with E-state index in [2.05, 4.69) is 20.4 Å². The van der Waals surface area contributed by atoms with Crippen LogP contribution in [0, 0.1) is 0 Å². The van der Waals surface area contributed by atoms with E-state index in [9.17, 15) is 9.59 Å². The summed E-state index contributed by atoms with van der Waals surface area (Å²) in [7, 11) is 0. The number of aromatic amines is 1. The zero-order valence-corrected chi connectivity index (χ0v) is 12.8. The second-order valence-corrected chi connectivity index (χ2v) is 4.94. The normalized spacial score (nSPS) is 11.1. The van der Waals surface area contributed by atoms with E-state index in [1.165, 1.54) is 9.13 Å². The number of nitrogens with one attached hydrogen (secondary N) is 2. The molecule has 0 saturated carbocycles. The Balaban J connectivity index is 2.27. The molecule has 3 rings (SSSR count). The standard InChI is InChI=1S/C14H17N7O2/c1-3-20-12-10(13(22)21(4-2)14(20)23)17-11(18-12)8-5-6-9(19-15)16-7-8/h5-7H,3-4,15H2,1-2H3,(H,16,19)(H,17,18). The topological polar surface area (TPSA) is 124 Å². The van der Waals surface area contributed by atoms with Crippen LogP contribution < -0.4 is 22.5 Å². The molecular formula is C14H17N7O2. The molecule has 0 saturated heterocycles. The number of rotatable bonds is 4. The van der Waals surface area contributed by atoms with Crippen LogP contribution >= 0.6 is 0 Å². The highest BCUT2D eigenvalue weighted by Gasteiger charge is 2.16. The summed E-state index contributed by atoms with van der Waals surface area (Å²) >= 11 is 0. The van der Waals surface area contributed by atoms with Gasteiger partial charge in [0.2, 0.25) is 0 Å². The van der Waals surface area contributed by atoms with Crippen LogP contribution in [0.25, 0.3) is 22.6 Å². The maximum Gasteiger partial charge on any atom is 0.332 e. The summed E-state index contributed by atoms with van der Waals surface area (Å²) in [6.07, 6.45) is 1.58. The Morgan fingerprint density at radius 3 is 2.52 bits per heavy atom. The Hall–Kier alpha value is -2.94. The number of aryl methyl sites for hydroxylation is 1. The number of anilines is 1. The predicted molar refractivity (Wildman–Crippen MR) is 87.0 cm³/mol. The van der Waals surface area contributed by atoms with Gasteiger partial charge in [0.25, 0.3) is 5.56 Å². The van der Waals surface area contributed by atoms with Crippen LogP contribution in [0.4, 0.5) is 5.82 Å². The summed E-state index contributed by atoms with van der Waals surface area (Å²) in [4.78, 5) is 36.3. The maximum absolute atomic E-state index is 12.4. The summed E-state index contributed by atoms with van der Waals surface area (Å²) in [6, 6.07) is 3.46. The van der Waals surface area contributed by atoms with Gasteiger partial charge in [0, 0.05) is 24.8 Å². The molecule has 0 aliphatic carbocycles. The molecule has 0 aromatic carbocycles. The van der Waals surface area contributed by atoms with Gasteiger partial charge in [-0.25, -0.2) is 20.6 Å². The fourth-order valence-corrected chi connectivity index (χ4v) is 2.49. The van der Waals surface area contributed by atoms with Crippen LogP contribution in [0.1, 0.15) is 13.8 Å². The minimum Gasteiger partial charge on any atom is -0.332 e. The molecule has 3 aromatic heterocycles. The monoisotopic (exact) mass is 315 g/mol. The number of nitrogens with zero attached hydrogens (tertiary/aromatic N) is 4. The molecule has 23 heavy (non-hydrogen) atoms. The first-order valence-corrected chi connectivity index (χ1v) is 7.27. The predicted octanol–water partition coefficient (Wildman–Crippen LogP) is 0.274. The van der Waals surface area contributed by atoms with Crippen LogP contribution in [-0.4, -0.2) is 24.1 Å². The third kappa shape index (κ3) is 2.30. The van der Waals surface area contributed by atoms with Gasteiger partial charge in [-0.05, 0) is 26.0 Å². The number of hydrazine groups is 1. The van der Waals surface area contributed by atoms with Crippen molar-refractivity contribution in [2.75, 3.05) is 5.43 Å². The highest BCUT2D eigenvalue weighted by Crippen LogP contribution is 2.18. The number of aromatic nitrogens is 5. The number of H-pyrrole nitrogens is 1. The van der Waals surface area contributed by atoms with E-state index in [0.717, 1.165) is 0 Å². The van der Waals surface area contributed by atoms with Gasteiger partial charge in [-0.3, -0.25) is 13.9 Å². The molecule has 9 heteroatoms. The first-order valence-electron chi connectivity index (χ1n) is 7.27. The van der Waals surface area contributed by atoms with Gasteiger partial charge in [0.05, 0.1) is 0 Å².